The molecule has 3 aliphatic rings. The fourth-order valence-corrected chi connectivity index (χ4v) is 5.47. The monoisotopic (exact) mass is 467 g/mol. The second kappa shape index (κ2) is 8.45. The zero-order valence-corrected chi connectivity index (χ0v) is 19.5. The number of carbonyl (C=O) groups is 1. The van der Waals surface area contributed by atoms with Gasteiger partial charge in [0.1, 0.15) is 6.61 Å². The molecule has 4 heterocycles. The van der Waals surface area contributed by atoms with Crippen molar-refractivity contribution in [3.8, 4) is 6.07 Å². The normalized spacial score (nSPS) is 17.4. The Morgan fingerprint density at radius 3 is 2.94 bits per heavy atom. The number of cyclic esters (lactones) is 1. The lowest BCUT2D eigenvalue weighted by Crippen LogP contribution is -2.35. The zero-order valence-electron chi connectivity index (χ0n) is 19.5. The molecule has 6 rings (SSSR count). The fourth-order valence-electron chi connectivity index (χ4n) is 5.47. The van der Waals surface area contributed by atoms with Gasteiger partial charge >= 0.3 is 5.97 Å². The van der Waals surface area contributed by atoms with Gasteiger partial charge in [0.05, 0.1) is 29.0 Å². The van der Waals surface area contributed by atoms with Crippen molar-refractivity contribution in [3.63, 3.8) is 0 Å². The van der Waals surface area contributed by atoms with Crippen LogP contribution >= 0.6 is 0 Å². The Morgan fingerprint density at radius 1 is 1.20 bits per heavy atom. The van der Waals surface area contributed by atoms with Gasteiger partial charge in [0.2, 0.25) is 5.95 Å². The van der Waals surface area contributed by atoms with Crippen molar-refractivity contribution < 1.29 is 14.6 Å². The lowest BCUT2D eigenvalue weighted by atomic mass is 9.95. The first-order chi connectivity index (χ1) is 17.0. The largest absolute Gasteiger partial charge is 0.457 e. The number of anilines is 2. The Labute approximate surface area is 203 Å². The molecule has 0 radical (unpaired) electrons. The molecule has 8 nitrogen and oxygen atoms in total. The molecule has 1 aromatic heterocycles. The molecule has 1 atom stereocenters. The maximum absolute atomic E-state index is 11.8. The number of ether oxygens (including phenoxy) is 1. The lowest BCUT2D eigenvalue weighted by Gasteiger charge is -2.31. The van der Waals surface area contributed by atoms with E-state index in [1.165, 1.54) is 0 Å². The number of nitriles is 1. The van der Waals surface area contributed by atoms with Crippen LogP contribution in [0.1, 0.15) is 55.5 Å². The van der Waals surface area contributed by atoms with Crippen LogP contribution in [0, 0.1) is 18.3 Å². The van der Waals surface area contributed by atoms with Gasteiger partial charge < -0.3 is 14.7 Å². The van der Waals surface area contributed by atoms with Crippen molar-refractivity contribution in [2.45, 2.75) is 39.0 Å². The van der Waals surface area contributed by atoms with Gasteiger partial charge in [-0.15, -0.1) is 0 Å². The summed E-state index contributed by atoms with van der Waals surface area (Å²) in [6.07, 6.45) is 2.83. The first kappa shape index (κ1) is 21.7. The van der Waals surface area contributed by atoms with E-state index in [1.54, 1.807) is 6.07 Å². The van der Waals surface area contributed by atoms with E-state index in [9.17, 15) is 15.2 Å². The van der Waals surface area contributed by atoms with Crippen molar-refractivity contribution in [3.05, 3.63) is 81.2 Å². The molecule has 176 valence electrons. The first-order valence-electron chi connectivity index (χ1n) is 11.9. The van der Waals surface area contributed by atoms with Crippen LogP contribution in [-0.4, -0.2) is 45.6 Å². The molecule has 0 saturated carbocycles. The molecule has 1 unspecified atom stereocenters. The van der Waals surface area contributed by atoms with Crippen molar-refractivity contribution in [1.29, 1.82) is 5.26 Å². The topological polar surface area (TPSA) is 103 Å². The first-order valence-corrected chi connectivity index (χ1v) is 11.9. The molecule has 3 aliphatic heterocycles. The van der Waals surface area contributed by atoms with E-state index in [1.807, 2.05) is 37.4 Å². The second-order valence-electron chi connectivity index (χ2n) is 9.34. The minimum atomic E-state index is -0.659. The Hall–Kier alpha value is -3.80. The smallest absolute Gasteiger partial charge is 0.338 e. The van der Waals surface area contributed by atoms with Gasteiger partial charge in [0.15, 0.2) is 0 Å². The molecule has 0 spiro atoms. The fraction of sp³-hybridized carbons (Fsp3) is 0.333. The molecule has 0 aliphatic carbocycles. The van der Waals surface area contributed by atoms with Crippen molar-refractivity contribution in [2.24, 2.45) is 0 Å². The summed E-state index contributed by atoms with van der Waals surface area (Å²) in [7, 11) is 0. The van der Waals surface area contributed by atoms with E-state index < -0.39 is 6.10 Å². The number of fused-ring (bicyclic) bond motifs is 3. The zero-order chi connectivity index (χ0) is 24.1. The van der Waals surface area contributed by atoms with E-state index >= 15 is 0 Å². The summed E-state index contributed by atoms with van der Waals surface area (Å²) in [4.78, 5) is 25.7. The maximum Gasteiger partial charge on any atom is 0.338 e. The Balaban J connectivity index is 1.17. The summed E-state index contributed by atoms with van der Waals surface area (Å²) >= 11 is 0. The third kappa shape index (κ3) is 3.64. The van der Waals surface area contributed by atoms with Crippen LogP contribution in [0.2, 0.25) is 0 Å². The number of nitrogens with zero attached hydrogens (tertiary/aromatic N) is 5. The van der Waals surface area contributed by atoms with E-state index in [0.717, 1.165) is 70.7 Å². The molecular weight excluding hydrogens is 442 g/mol. The SMILES string of the molecule is Cc1c(C(O)CN2CCc3nc(N4CCc5c(C#N)cccc54)ncc3C2)ccc2c1COC2=O. The predicted molar refractivity (Wildman–Crippen MR) is 128 cm³/mol. The lowest BCUT2D eigenvalue weighted by molar-refractivity contribution is 0.0535. The summed E-state index contributed by atoms with van der Waals surface area (Å²) in [5.41, 5.74) is 8.15. The van der Waals surface area contributed by atoms with Crippen LogP contribution in [0.4, 0.5) is 11.6 Å². The van der Waals surface area contributed by atoms with E-state index in [-0.39, 0.29) is 12.6 Å². The summed E-state index contributed by atoms with van der Waals surface area (Å²) in [6, 6.07) is 11.7. The number of carbonyl (C=O) groups excluding carboxylic acids is 1. The average molecular weight is 468 g/mol. The molecule has 2 aromatic carbocycles. The van der Waals surface area contributed by atoms with Gasteiger partial charge in [-0.25, -0.2) is 14.8 Å². The Morgan fingerprint density at radius 2 is 2.09 bits per heavy atom. The second-order valence-corrected chi connectivity index (χ2v) is 9.34. The minimum Gasteiger partial charge on any atom is -0.457 e. The van der Waals surface area contributed by atoms with Crippen LogP contribution in [-0.2, 0) is 30.7 Å². The predicted octanol–water partition coefficient (Wildman–Crippen LogP) is 3.11. The van der Waals surface area contributed by atoms with Crippen molar-refractivity contribution in [2.75, 3.05) is 24.5 Å². The number of rotatable bonds is 4. The van der Waals surface area contributed by atoms with Crippen LogP contribution in [0.15, 0.2) is 36.5 Å². The Kier molecular flexibility index (Phi) is 5.24. The van der Waals surface area contributed by atoms with Crippen molar-refractivity contribution >= 4 is 17.6 Å². The molecule has 0 bridgehead atoms. The molecule has 8 heteroatoms. The van der Waals surface area contributed by atoms with Gasteiger partial charge in [-0.05, 0) is 48.2 Å². The number of aliphatic hydroxyl groups excluding tert-OH is 1. The highest BCUT2D eigenvalue weighted by atomic mass is 16.5. The van der Waals surface area contributed by atoms with Gasteiger partial charge in [0, 0.05) is 55.6 Å². The number of aliphatic hydroxyl groups is 1. The Bertz CT molecular complexity index is 1400. The van der Waals surface area contributed by atoms with Crippen LogP contribution < -0.4 is 4.90 Å². The average Bonchev–Trinajstić information content (AvgIpc) is 3.48. The number of hydrogen-bond acceptors (Lipinski definition) is 8. The molecule has 3 aromatic rings. The highest BCUT2D eigenvalue weighted by Crippen LogP contribution is 2.35. The molecular formula is C27H25N5O3. The van der Waals surface area contributed by atoms with Gasteiger partial charge in [-0.1, -0.05) is 12.1 Å². The van der Waals surface area contributed by atoms with Crippen LogP contribution in [0.25, 0.3) is 0 Å². The third-order valence-electron chi connectivity index (χ3n) is 7.39. The number of aromatic nitrogens is 2. The summed E-state index contributed by atoms with van der Waals surface area (Å²) in [5, 5.41) is 20.4. The van der Waals surface area contributed by atoms with E-state index in [4.69, 9.17) is 9.72 Å². The molecule has 35 heavy (non-hydrogen) atoms. The van der Waals surface area contributed by atoms with Gasteiger partial charge in [0.25, 0.3) is 0 Å². The molecule has 0 fully saturated rings. The number of β-amino-alcohol motifs (C(OH)–C–C–N with tert-alkyl or cyclic N) is 1. The molecule has 0 amide bonds. The summed E-state index contributed by atoms with van der Waals surface area (Å²) in [5.74, 6) is 0.385. The van der Waals surface area contributed by atoms with Crippen molar-refractivity contribution in [1.82, 2.24) is 14.9 Å². The number of benzene rings is 2. The standard InChI is InChI=1S/C27H25N5O3/c1-16-19(5-6-21-22(16)15-35-26(21)34)25(33)14-31-9-8-23-18(13-31)12-29-27(30-23)32-10-7-20-17(11-28)3-2-4-24(20)32/h2-6,12,25,33H,7-10,13-15H2,1H3. The maximum atomic E-state index is 11.8. The van der Waals surface area contributed by atoms with E-state index in [0.29, 0.717) is 24.6 Å². The van der Waals surface area contributed by atoms with Gasteiger partial charge in [-0.3, -0.25) is 4.90 Å². The summed E-state index contributed by atoms with van der Waals surface area (Å²) < 4.78 is 5.14. The number of hydrogen-bond donors (Lipinski definition) is 1. The molecule has 0 saturated heterocycles. The number of esters is 1. The summed E-state index contributed by atoms with van der Waals surface area (Å²) in [6.45, 7) is 4.94. The minimum absolute atomic E-state index is 0.274. The quantitative estimate of drug-likeness (QED) is 0.584. The molecule has 1 N–H and O–H groups in total. The highest BCUT2D eigenvalue weighted by molar-refractivity contribution is 5.94. The van der Waals surface area contributed by atoms with Gasteiger partial charge in [-0.2, -0.15) is 5.26 Å². The van der Waals surface area contributed by atoms with Crippen LogP contribution in [0.5, 0.6) is 0 Å². The van der Waals surface area contributed by atoms with Crippen LogP contribution in [0.3, 0.4) is 0 Å². The third-order valence-corrected chi connectivity index (χ3v) is 7.39. The highest BCUT2D eigenvalue weighted by Gasteiger charge is 2.29. The van der Waals surface area contributed by atoms with E-state index in [2.05, 4.69) is 20.9 Å².